The maximum Gasteiger partial charge on any atom is 0.276 e. The molecule has 13 heavy (non-hydrogen) atoms. The molecule has 0 saturated carbocycles. The van der Waals surface area contributed by atoms with Crippen molar-refractivity contribution < 1.29 is 10.0 Å². The molecule has 0 aliphatic carbocycles. The number of nitrogens with two attached hydrogens (primary N) is 1. The molecule has 1 rings (SSSR count). The Kier molecular flexibility index (Phi) is 2.75. The number of carbonyl (C=O) groups excluding carboxylic acids is 1. The van der Waals surface area contributed by atoms with Gasteiger partial charge in [-0.05, 0) is 24.6 Å². The summed E-state index contributed by atoms with van der Waals surface area (Å²) in [4.78, 5) is 11.0. The first-order chi connectivity index (χ1) is 6.06. The fourth-order valence-electron chi connectivity index (χ4n) is 1.00. The molecule has 0 unspecified atom stereocenters. The highest BCUT2D eigenvalue weighted by Gasteiger charge is 2.11. The van der Waals surface area contributed by atoms with Crippen molar-refractivity contribution in [2.24, 2.45) is 0 Å². The topological polar surface area (TPSA) is 75.4 Å². The lowest BCUT2D eigenvalue weighted by atomic mass is 10.1. The van der Waals surface area contributed by atoms with E-state index in [0.717, 1.165) is 5.56 Å². The zero-order valence-electron chi connectivity index (χ0n) is 6.97. The Labute approximate surface area is 80.3 Å². The lowest BCUT2D eigenvalue weighted by molar-refractivity contribution is 0.0707. The number of nitrogens with one attached hydrogen (secondary N) is 1. The third-order valence-electron chi connectivity index (χ3n) is 1.62. The predicted molar refractivity (Wildman–Crippen MR) is 49.9 cm³/mol. The molecule has 4 nitrogen and oxygen atoms in total. The number of hydrogen-bond acceptors (Lipinski definition) is 3. The van der Waals surface area contributed by atoms with Crippen LogP contribution in [0.5, 0.6) is 0 Å². The Morgan fingerprint density at radius 3 is 2.77 bits per heavy atom. The van der Waals surface area contributed by atoms with E-state index in [1.807, 2.05) is 0 Å². The molecular weight excluding hydrogens is 192 g/mol. The highest BCUT2D eigenvalue weighted by molar-refractivity contribution is 6.34. The van der Waals surface area contributed by atoms with E-state index in [1.54, 1.807) is 19.1 Å². The summed E-state index contributed by atoms with van der Waals surface area (Å²) in [5.41, 5.74) is 8.17. The molecule has 70 valence electrons. The molecule has 5 heteroatoms. The fraction of sp³-hybridized carbons (Fsp3) is 0.125. The molecule has 0 spiro atoms. The van der Waals surface area contributed by atoms with Crippen LogP contribution in [0.2, 0.25) is 5.02 Å². The number of amides is 1. The average Bonchev–Trinajstić information content (AvgIpc) is 2.10. The number of hydrogen-bond donors (Lipinski definition) is 3. The highest BCUT2D eigenvalue weighted by atomic mass is 35.5. The number of carbonyl (C=O) groups is 1. The SMILES string of the molecule is Cc1cc(Cl)c(N)c(C(=O)NO)c1. The van der Waals surface area contributed by atoms with Gasteiger partial charge in [0.2, 0.25) is 0 Å². The highest BCUT2D eigenvalue weighted by Crippen LogP contribution is 2.24. The standard InChI is InChI=1S/C8H9ClN2O2/c1-4-2-5(8(12)11-13)7(10)6(9)3-4/h2-3,13H,10H2,1H3,(H,11,12). The minimum absolute atomic E-state index is 0.166. The van der Waals surface area contributed by atoms with Crippen LogP contribution in [0.25, 0.3) is 0 Å². The molecule has 1 aromatic carbocycles. The monoisotopic (exact) mass is 200 g/mol. The Morgan fingerprint density at radius 1 is 1.62 bits per heavy atom. The van der Waals surface area contributed by atoms with Crippen LogP contribution in [0.3, 0.4) is 0 Å². The normalized spacial score (nSPS) is 9.77. The number of hydroxylamine groups is 1. The van der Waals surface area contributed by atoms with Crippen molar-refractivity contribution >= 4 is 23.2 Å². The molecule has 0 bridgehead atoms. The summed E-state index contributed by atoms with van der Waals surface area (Å²) in [6, 6.07) is 3.19. The Balaban J connectivity index is 3.28. The van der Waals surface area contributed by atoms with Crippen LogP contribution >= 0.6 is 11.6 Å². The number of nitrogen functional groups attached to an aromatic ring is 1. The lowest BCUT2D eigenvalue weighted by Gasteiger charge is -2.06. The Bertz CT molecular complexity index is 352. The van der Waals surface area contributed by atoms with Crippen LogP contribution in [0.15, 0.2) is 12.1 Å². The molecule has 0 saturated heterocycles. The van der Waals surface area contributed by atoms with Gasteiger partial charge < -0.3 is 5.73 Å². The molecule has 1 amide bonds. The first kappa shape index (κ1) is 9.83. The first-order valence-corrected chi connectivity index (χ1v) is 3.94. The minimum Gasteiger partial charge on any atom is -0.397 e. The zero-order valence-corrected chi connectivity index (χ0v) is 7.72. The number of anilines is 1. The van der Waals surface area contributed by atoms with Crippen molar-refractivity contribution in [1.29, 1.82) is 0 Å². The third-order valence-corrected chi connectivity index (χ3v) is 1.93. The van der Waals surface area contributed by atoms with Crippen LogP contribution in [-0.4, -0.2) is 11.1 Å². The maximum atomic E-state index is 11.0. The van der Waals surface area contributed by atoms with Crippen molar-refractivity contribution in [2.45, 2.75) is 6.92 Å². The van der Waals surface area contributed by atoms with Crippen molar-refractivity contribution in [1.82, 2.24) is 5.48 Å². The van der Waals surface area contributed by atoms with Gasteiger partial charge in [0, 0.05) is 0 Å². The van der Waals surface area contributed by atoms with Crippen LogP contribution in [-0.2, 0) is 0 Å². The van der Waals surface area contributed by atoms with Gasteiger partial charge in [0.05, 0.1) is 16.3 Å². The Hall–Kier alpha value is -1.26. The second-order valence-electron chi connectivity index (χ2n) is 2.65. The maximum absolute atomic E-state index is 11.0. The minimum atomic E-state index is -0.664. The molecule has 0 aliphatic rings. The number of halogens is 1. The van der Waals surface area contributed by atoms with Gasteiger partial charge >= 0.3 is 0 Å². The molecular formula is C8H9ClN2O2. The van der Waals surface area contributed by atoms with E-state index in [2.05, 4.69) is 0 Å². The first-order valence-electron chi connectivity index (χ1n) is 3.56. The third kappa shape index (κ3) is 1.91. The van der Waals surface area contributed by atoms with Crippen molar-refractivity contribution in [3.8, 4) is 0 Å². The van der Waals surface area contributed by atoms with Gasteiger partial charge in [0.25, 0.3) is 5.91 Å². The lowest BCUT2D eigenvalue weighted by Crippen LogP contribution is -2.20. The van der Waals surface area contributed by atoms with Gasteiger partial charge in [0.15, 0.2) is 0 Å². The second-order valence-corrected chi connectivity index (χ2v) is 3.06. The Morgan fingerprint density at radius 2 is 2.23 bits per heavy atom. The van der Waals surface area contributed by atoms with E-state index in [9.17, 15) is 4.79 Å². The summed E-state index contributed by atoms with van der Waals surface area (Å²) in [7, 11) is 0. The van der Waals surface area contributed by atoms with Gasteiger partial charge in [-0.25, -0.2) is 5.48 Å². The molecule has 1 aromatic rings. The van der Waals surface area contributed by atoms with E-state index in [-0.39, 0.29) is 11.3 Å². The largest absolute Gasteiger partial charge is 0.397 e. The van der Waals surface area contributed by atoms with Crippen LogP contribution in [0.1, 0.15) is 15.9 Å². The van der Waals surface area contributed by atoms with Crippen LogP contribution in [0.4, 0.5) is 5.69 Å². The van der Waals surface area contributed by atoms with Crippen molar-refractivity contribution in [2.75, 3.05) is 5.73 Å². The van der Waals surface area contributed by atoms with E-state index in [0.29, 0.717) is 5.02 Å². The predicted octanol–water partition coefficient (Wildman–Crippen LogP) is 1.35. The van der Waals surface area contributed by atoms with Gasteiger partial charge in [-0.3, -0.25) is 10.0 Å². The van der Waals surface area contributed by atoms with E-state index in [4.69, 9.17) is 22.5 Å². The molecule has 0 aliphatic heterocycles. The molecule has 0 radical (unpaired) electrons. The zero-order chi connectivity index (χ0) is 10.0. The van der Waals surface area contributed by atoms with Gasteiger partial charge in [-0.15, -0.1) is 0 Å². The summed E-state index contributed by atoms with van der Waals surface area (Å²) >= 11 is 5.73. The quantitative estimate of drug-likeness (QED) is 0.364. The van der Waals surface area contributed by atoms with Crippen LogP contribution < -0.4 is 11.2 Å². The van der Waals surface area contributed by atoms with Crippen LogP contribution in [0, 0.1) is 6.92 Å². The van der Waals surface area contributed by atoms with Crippen molar-refractivity contribution in [3.05, 3.63) is 28.3 Å². The molecule has 0 heterocycles. The molecule has 4 N–H and O–H groups in total. The van der Waals surface area contributed by atoms with Crippen molar-refractivity contribution in [3.63, 3.8) is 0 Å². The van der Waals surface area contributed by atoms with E-state index in [1.165, 1.54) is 5.48 Å². The van der Waals surface area contributed by atoms with E-state index < -0.39 is 5.91 Å². The van der Waals surface area contributed by atoms with Gasteiger partial charge in [-0.1, -0.05) is 11.6 Å². The second kappa shape index (κ2) is 3.64. The number of benzene rings is 1. The number of aryl methyl sites for hydroxylation is 1. The summed E-state index contributed by atoms with van der Waals surface area (Å²) in [6.45, 7) is 1.78. The summed E-state index contributed by atoms with van der Waals surface area (Å²) < 4.78 is 0. The molecule has 0 fully saturated rings. The summed E-state index contributed by atoms with van der Waals surface area (Å²) in [5.74, 6) is -0.664. The fourth-order valence-corrected chi connectivity index (χ4v) is 1.28. The molecule has 0 atom stereocenters. The van der Waals surface area contributed by atoms with Gasteiger partial charge in [-0.2, -0.15) is 0 Å². The summed E-state index contributed by atoms with van der Waals surface area (Å²) in [6.07, 6.45) is 0. The van der Waals surface area contributed by atoms with Gasteiger partial charge in [0.1, 0.15) is 0 Å². The average molecular weight is 201 g/mol. The smallest absolute Gasteiger partial charge is 0.276 e. The summed E-state index contributed by atoms with van der Waals surface area (Å²) in [5, 5.41) is 8.70. The van der Waals surface area contributed by atoms with E-state index >= 15 is 0 Å². The number of rotatable bonds is 1. The molecule has 0 aromatic heterocycles.